The molecule has 33 heavy (non-hydrogen) atoms. The van der Waals surface area contributed by atoms with E-state index in [1.54, 1.807) is 0 Å². The Morgan fingerprint density at radius 3 is 1.21 bits per heavy atom. The minimum Gasteiger partial charge on any atom is -0.461 e. The van der Waals surface area contributed by atoms with Crippen LogP contribution in [-0.4, -0.2) is 24.8 Å². The molecule has 0 heterocycles. The molecule has 0 rings (SSSR count). The van der Waals surface area contributed by atoms with Gasteiger partial charge in [-0.2, -0.15) is 0 Å². The van der Waals surface area contributed by atoms with E-state index in [4.69, 9.17) is 9.47 Å². The maximum atomic E-state index is 12.6. The highest BCUT2D eigenvalue weighted by Crippen LogP contribution is 2.18. The van der Waals surface area contributed by atoms with E-state index in [2.05, 4.69) is 27.7 Å². The molecule has 0 amide bonds. The zero-order valence-electron chi connectivity index (χ0n) is 23.1. The Balaban J connectivity index is 4.44. The Morgan fingerprint density at radius 2 is 0.818 bits per heavy atom. The molecule has 0 aliphatic heterocycles. The van der Waals surface area contributed by atoms with Crippen molar-refractivity contribution in [2.75, 3.05) is 6.61 Å². The van der Waals surface area contributed by atoms with Crippen molar-refractivity contribution in [3.8, 4) is 0 Å². The van der Waals surface area contributed by atoms with E-state index in [0.29, 0.717) is 0 Å². The third kappa shape index (κ3) is 23.0. The van der Waals surface area contributed by atoms with Crippen LogP contribution in [0.4, 0.5) is 0 Å². The van der Waals surface area contributed by atoms with E-state index < -0.39 is 0 Å². The first-order valence-corrected chi connectivity index (χ1v) is 15.0. The number of ether oxygens (including phenoxy) is 2. The van der Waals surface area contributed by atoms with Gasteiger partial charge in [0.2, 0.25) is 0 Å². The van der Waals surface area contributed by atoms with Crippen LogP contribution in [0.2, 0.25) is 0 Å². The van der Waals surface area contributed by atoms with Gasteiger partial charge in [0.1, 0.15) is 12.7 Å². The second-order valence-corrected chi connectivity index (χ2v) is 10.1. The molecule has 0 bridgehead atoms. The van der Waals surface area contributed by atoms with Gasteiger partial charge in [0.05, 0.1) is 6.10 Å². The first-order valence-electron chi connectivity index (χ1n) is 15.0. The lowest BCUT2D eigenvalue weighted by atomic mass is 10.0. The molecule has 0 aromatic rings. The van der Waals surface area contributed by atoms with Crippen LogP contribution in [0.1, 0.15) is 169 Å². The van der Waals surface area contributed by atoms with Gasteiger partial charge < -0.3 is 9.47 Å². The third-order valence-corrected chi connectivity index (χ3v) is 6.75. The normalized spacial score (nSPS) is 13.2. The quantitative estimate of drug-likeness (QED) is 0.0935. The fourth-order valence-electron chi connectivity index (χ4n) is 4.53. The molecule has 198 valence electrons. The second kappa shape index (κ2) is 26.0. The minimum atomic E-state index is -0.145. The minimum absolute atomic E-state index is 0.0802. The molecule has 0 spiro atoms. The second-order valence-electron chi connectivity index (χ2n) is 10.1. The number of carbonyl (C=O) groups is 1. The Hall–Kier alpha value is -0.570. The molecule has 0 aliphatic carbocycles. The standard InChI is InChI=1S/C30H60O3/c1-5-9-13-17-21-24-28(23-19-15-11-7-3)32-27-30(31)33-29(25-20-16-12-8-4)26-22-18-14-10-6-2/h28-29H,5-27H2,1-4H3. The summed E-state index contributed by atoms with van der Waals surface area (Å²) >= 11 is 0. The lowest BCUT2D eigenvalue weighted by Crippen LogP contribution is -2.25. The maximum absolute atomic E-state index is 12.6. The van der Waals surface area contributed by atoms with Crippen LogP contribution in [-0.2, 0) is 14.3 Å². The highest BCUT2D eigenvalue weighted by atomic mass is 16.6. The number of hydrogen-bond donors (Lipinski definition) is 0. The molecule has 3 heteroatoms. The lowest BCUT2D eigenvalue weighted by molar-refractivity contribution is -0.157. The largest absolute Gasteiger partial charge is 0.461 e. The summed E-state index contributed by atoms with van der Waals surface area (Å²) in [5.41, 5.74) is 0. The maximum Gasteiger partial charge on any atom is 0.332 e. The van der Waals surface area contributed by atoms with Gasteiger partial charge in [0.25, 0.3) is 0 Å². The summed E-state index contributed by atoms with van der Waals surface area (Å²) in [7, 11) is 0. The monoisotopic (exact) mass is 468 g/mol. The van der Waals surface area contributed by atoms with Crippen molar-refractivity contribution in [2.24, 2.45) is 0 Å². The molecule has 0 radical (unpaired) electrons. The fourth-order valence-corrected chi connectivity index (χ4v) is 4.53. The van der Waals surface area contributed by atoms with E-state index in [1.165, 1.54) is 116 Å². The van der Waals surface area contributed by atoms with Crippen molar-refractivity contribution in [3.63, 3.8) is 0 Å². The number of rotatable bonds is 26. The first kappa shape index (κ1) is 32.4. The van der Waals surface area contributed by atoms with E-state index in [-0.39, 0.29) is 24.8 Å². The molecule has 0 fully saturated rings. The van der Waals surface area contributed by atoms with E-state index in [1.807, 2.05) is 0 Å². The molecule has 0 aliphatic rings. The molecular formula is C30H60O3. The average Bonchev–Trinajstić information content (AvgIpc) is 2.81. The van der Waals surface area contributed by atoms with Gasteiger partial charge in [0, 0.05) is 0 Å². The Morgan fingerprint density at radius 1 is 0.485 bits per heavy atom. The molecule has 2 atom stereocenters. The topological polar surface area (TPSA) is 35.5 Å². The SMILES string of the molecule is CCCCCCCC(CCCCCC)OCC(=O)OC(CCCCCC)CCCCCCC. The Bertz CT molecular complexity index is 396. The van der Waals surface area contributed by atoms with Crippen LogP contribution >= 0.6 is 0 Å². The van der Waals surface area contributed by atoms with Crippen molar-refractivity contribution in [3.05, 3.63) is 0 Å². The highest BCUT2D eigenvalue weighted by Gasteiger charge is 2.17. The van der Waals surface area contributed by atoms with Gasteiger partial charge in [-0.15, -0.1) is 0 Å². The molecule has 0 N–H and O–H groups in total. The predicted molar refractivity (Wildman–Crippen MR) is 144 cm³/mol. The summed E-state index contributed by atoms with van der Waals surface area (Å²) in [6.07, 6.45) is 27.2. The van der Waals surface area contributed by atoms with Crippen molar-refractivity contribution in [1.82, 2.24) is 0 Å². The van der Waals surface area contributed by atoms with Crippen LogP contribution < -0.4 is 0 Å². The van der Waals surface area contributed by atoms with Gasteiger partial charge in [-0.05, 0) is 38.5 Å². The lowest BCUT2D eigenvalue weighted by Gasteiger charge is -2.21. The number of hydrogen-bond acceptors (Lipinski definition) is 3. The van der Waals surface area contributed by atoms with E-state index in [0.717, 1.165) is 25.7 Å². The Labute approximate surface area is 208 Å². The van der Waals surface area contributed by atoms with Crippen LogP contribution in [0.25, 0.3) is 0 Å². The first-order chi connectivity index (χ1) is 16.2. The number of unbranched alkanes of at least 4 members (excludes halogenated alkanes) is 14. The molecule has 0 aromatic carbocycles. The van der Waals surface area contributed by atoms with Crippen molar-refractivity contribution in [2.45, 2.75) is 181 Å². The number of carbonyl (C=O) groups excluding carboxylic acids is 1. The molecule has 0 saturated heterocycles. The fraction of sp³-hybridized carbons (Fsp3) is 0.967. The van der Waals surface area contributed by atoms with Crippen molar-refractivity contribution >= 4 is 5.97 Å². The zero-order chi connectivity index (χ0) is 24.4. The van der Waals surface area contributed by atoms with Gasteiger partial charge in [0.15, 0.2) is 0 Å². The predicted octanol–water partition coefficient (Wildman–Crippen LogP) is 9.95. The summed E-state index contributed by atoms with van der Waals surface area (Å²) < 4.78 is 12.0. The molecular weight excluding hydrogens is 408 g/mol. The van der Waals surface area contributed by atoms with Crippen LogP contribution in [0.15, 0.2) is 0 Å². The molecule has 0 aromatic heterocycles. The summed E-state index contributed by atoms with van der Waals surface area (Å²) in [5, 5.41) is 0. The van der Waals surface area contributed by atoms with E-state index in [9.17, 15) is 4.79 Å². The summed E-state index contributed by atoms with van der Waals surface area (Å²) in [6.45, 7) is 9.13. The average molecular weight is 469 g/mol. The summed E-state index contributed by atoms with van der Waals surface area (Å²) in [4.78, 5) is 12.6. The third-order valence-electron chi connectivity index (χ3n) is 6.75. The van der Waals surface area contributed by atoms with Crippen LogP contribution in [0.5, 0.6) is 0 Å². The zero-order valence-corrected chi connectivity index (χ0v) is 23.1. The molecule has 2 unspecified atom stereocenters. The molecule has 3 nitrogen and oxygen atoms in total. The van der Waals surface area contributed by atoms with E-state index >= 15 is 0 Å². The van der Waals surface area contributed by atoms with Gasteiger partial charge in [-0.25, -0.2) is 4.79 Å². The summed E-state index contributed by atoms with van der Waals surface area (Å²) in [5.74, 6) is -0.145. The van der Waals surface area contributed by atoms with Gasteiger partial charge in [-0.3, -0.25) is 0 Å². The van der Waals surface area contributed by atoms with Crippen LogP contribution in [0.3, 0.4) is 0 Å². The Kier molecular flexibility index (Phi) is 25.6. The molecule has 0 saturated carbocycles. The van der Waals surface area contributed by atoms with Crippen molar-refractivity contribution < 1.29 is 14.3 Å². The van der Waals surface area contributed by atoms with Crippen LogP contribution in [0, 0.1) is 0 Å². The van der Waals surface area contributed by atoms with Gasteiger partial charge >= 0.3 is 5.97 Å². The smallest absolute Gasteiger partial charge is 0.332 e. The van der Waals surface area contributed by atoms with Crippen molar-refractivity contribution in [1.29, 1.82) is 0 Å². The summed E-state index contributed by atoms with van der Waals surface area (Å²) in [6, 6.07) is 0. The highest BCUT2D eigenvalue weighted by molar-refractivity contribution is 5.70. The van der Waals surface area contributed by atoms with Gasteiger partial charge in [-0.1, -0.05) is 130 Å². The number of esters is 1.